The molecule has 9 aromatic carbocycles. The van der Waals surface area contributed by atoms with Gasteiger partial charge >= 0.3 is 0 Å². The van der Waals surface area contributed by atoms with E-state index in [-0.39, 0.29) is 0 Å². The topological polar surface area (TPSA) is 51.6 Å². The number of nitrogens with zero attached hydrogens (tertiary/aromatic N) is 4. The van der Waals surface area contributed by atoms with Crippen molar-refractivity contribution in [2.75, 3.05) is 0 Å². The number of pyridine rings is 1. The molecule has 0 bridgehead atoms. The van der Waals surface area contributed by atoms with Crippen molar-refractivity contribution in [3.05, 3.63) is 253 Å². The van der Waals surface area contributed by atoms with E-state index in [2.05, 4.69) is 170 Å². The van der Waals surface area contributed by atoms with Crippen LogP contribution in [0, 0.1) is 0 Å². The minimum Gasteiger partial charge on any atom is -0.248 e. The molecule has 0 aliphatic heterocycles. The normalized spacial score (nSPS) is 12.7. The van der Waals surface area contributed by atoms with Crippen molar-refractivity contribution in [1.82, 2.24) is 19.9 Å². The van der Waals surface area contributed by atoms with E-state index < -0.39 is 5.41 Å². The molecule has 0 amide bonds. The van der Waals surface area contributed by atoms with Crippen LogP contribution in [0.15, 0.2) is 231 Å². The Labute approximate surface area is 377 Å². The molecule has 0 fully saturated rings. The lowest BCUT2D eigenvalue weighted by Crippen LogP contribution is -2.25. The molecule has 2 aliphatic rings. The van der Waals surface area contributed by atoms with Crippen molar-refractivity contribution < 1.29 is 0 Å². The van der Waals surface area contributed by atoms with Crippen LogP contribution in [-0.4, -0.2) is 19.9 Å². The Morgan fingerprint density at radius 2 is 0.677 bits per heavy atom. The Balaban J connectivity index is 1.05. The van der Waals surface area contributed by atoms with Gasteiger partial charge in [-0.15, -0.1) is 0 Å². The van der Waals surface area contributed by atoms with Crippen LogP contribution in [0.4, 0.5) is 0 Å². The van der Waals surface area contributed by atoms with Crippen LogP contribution >= 0.6 is 0 Å². The Morgan fingerprint density at radius 3 is 1.25 bits per heavy atom. The maximum Gasteiger partial charge on any atom is 0.164 e. The Bertz CT molecular complexity index is 3540. The van der Waals surface area contributed by atoms with Gasteiger partial charge in [-0.25, -0.2) is 19.9 Å². The molecule has 4 heteroatoms. The molecule has 4 nitrogen and oxygen atoms in total. The van der Waals surface area contributed by atoms with Crippen LogP contribution in [0.25, 0.3) is 101 Å². The Morgan fingerprint density at radius 1 is 0.246 bits per heavy atom. The molecule has 2 aliphatic carbocycles. The highest BCUT2D eigenvalue weighted by molar-refractivity contribution is 6.04. The smallest absolute Gasteiger partial charge is 0.164 e. The molecule has 2 aromatic heterocycles. The molecule has 302 valence electrons. The SMILES string of the molecule is c1ccc(-c2ccc(-c3cc(-c4cccc(-c5nc(-c6ccccc6)nc(-c6ccccc6)n5)c4)c4cc5c(cc4n3)C3(c4ccccc4-c4ccccc43)c3ccccc3-5)cc2)cc1. The number of benzene rings is 9. The van der Waals surface area contributed by atoms with E-state index in [4.69, 9.17) is 19.9 Å². The summed E-state index contributed by atoms with van der Waals surface area (Å²) in [6.07, 6.45) is 0. The second kappa shape index (κ2) is 14.8. The molecular formula is C61H38N4. The average Bonchev–Trinajstić information content (AvgIpc) is 3.85. The van der Waals surface area contributed by atoms with Gasteiger partial charge in [0, 0.05) is 27.6 Å². The third kappa shape index (κ3) is 5.85. The van der Waals surface area contributed by atoms with Gasteiger partial charge in [-0.3, -0.25) is 0 Å². The Hall–Kier alpha value is -8.60. The number of hydrogen-bond acceptors (Lipinski definition) is 4. The van der Waals surface area contributed by atoms with Crippen LogP contribution in [0.3, 0.4) is 0 Å². The van der Waals surface area contributed by atoms with E-state index in [9.17, 15) is 0 Å². The first-order valence-electron chi connectivity index (χ1n) is 22.1. The zero-order chi connectivity index (χ0) is 42.9. The lowest BCUT2D eigenvalue weighted by molar-refractivity contribution is 0.794. The maximum absolute atomic E-state index is 5.58. The molecule has 13 rings (SSSR count). The first-order valence-corrected chi connectivity index (χ1v) is 22.1. The highest BCUT2D eigenvalue weighted by Gasteiger charge is 2.51. The predicted molar refractivity (Wildman–Crippen MR) is 264 cm³/mol. The fraction of sp³-hybridized carbons (Fsp3) is 0.0164. The summed E-state index contributed by atoms with van der Waals surface area (Å²) in [6, 6.07) is 82.2. The summed E-state index contributed by atoms with van der Waals surface area (Å²) in [5.41, 5.74) is 20.0. The van der Waals surface area contributed by atoms with Gasteiger partial charge in [-0.05, 0) is 91.0 Å². The quantitative estimate of drug-likeness (QED) is 0.168. The van der Waals surface area contributed by atoms with E-state index in [1.807, 2.05) is 60.7 Å². The molecule has 0 atom stereocenters. The average molecular weight is 827 g/mol. The van der Waals surface area contributed by atoms with Crippen LogP contribution in [-0.2, 0) is 5.41 Å². The van der Waals surface area contributed by atoms with E-state index in [1.165, 1.54) is 55.6 Å². The monoisotopic (exact) mass is 826 g/mol. The summed E-state index contributed by atoms with van der Waals surface area (Å²) >= 11 is 0. The van der Waals surface area contributed by atoms with Gasteiger partial charge in [-0.2, -0.15) is 0 Å². The predicted octanol–water partition coefficient (Wildman–Crippen LogP) is 14.8. The second-order valence-corrected chi connectivity index (χ2v) is 16.9. The zero-order valence-electron chi connectivity index (χ0n) is 35.2. The molecule has 2 heterocycles. The largest absolute Gasteiger partial charge is 0.248 e. The third-order valence-corrected chi connectivity index (χ3v) is 13.3. The van der Waals surface area contributed by atoms with Crippen molar-refractivity contribution in [2.24, 2.45) is 0 Å². The summed E-state index contributed by atoms with van der Waals surface area (Å²) < 4.78 is 0. The van der Waals surface area contributed by atoms with Crippen molar-refractivity contribution in [1.29, 1.82) is 0 Å². The number of fused-ring (bicyclic) bond motifs is 11. The zero-order valence-corrected chi connectivity index (χ0v) is 35.2. The lowest BCUT2D eigenvalue weighted by atomic mass is 9.70. The maximum atomic E-state index is 5.58. The van der Waals surface area contributed by atoms with Crippen LogP contribution in [0.2, 0.25) is 0 Å². The molecule has 65 heavy (non-hydrogen) atoms. The highest BCUT2D eigenvalue weighted by Crippen LogP contribution is 2.63. The van der Waals surface area contributed by atoms with Crippen molar-refractivity contribution in [3.8, 4) is 89.9 Å². The molecule has 0 saturated heterocycles. The molecule has 1 spiro atoms. The van der Waals surface area contributed by atoms with Gasteiger partial charge in [0.2, 0.25) is 0 Å². The molecular weight excluding hydrogens is 789 g/mol. The standard InChI is InChI=1S/C61H38N4/c1-4-17-39(18-5-1)40-31-33-41(34-32-40)56-37-49(44-23-16-24-45(35-44)60-64-58(42-19-6-2-7-20-42)63-59(65-60)43-21-8-3-9-22-43)51-36-50-48-27-12-15-30-54(48)61(55(50)38-57(51)62-56)52-28-13-10-25-46(52)47-26-11-14-29-53(47)61/h1-38H. The van der Waals surface area contributed by atoms with Gasteiger partial charge in [-0.1, -0.05) is 206 Å². The van der Waals surface area contributed by atoms with Gasteiger partial charge in [0.15, 0.2) is 17.5 Å². The lowest BCUT2D eigenvalue weighted by Gasteiger charge is -2.30. The van der Waals surface area contributed by atoms with Crippen LogP contribution in [0.1, 0.15) is 22.3 Å². The van der Waals surface area contributed by atoms with Gasteiger partial charge in [0.1, 0.15) is 0 Å². The van der Waals surface area contributed by atoms with E-state index in [0.29, 0.717) is 17.5 Å². The van der Waals surface area contributed by atoms with E-state index in [1.54, 1.807) is 0 Å². The fourth-order valence-corrected chi connectivity index (χ4v) is 10.4. The molecule has 0 N–H and O–H groups in total. The van der Waals surface area contributed by atoms with Crippen molar-refractivity contribution >= 4 is 10.9 Å². The highest BCUT2D eigenvalue weighted by atomic mass is 15.0. The fourth-order valence-electron chi connectivity index (χ4n) is 10.4. The summed E-state index contributed by atoms with van der Waals surface area (Å²) in [7, 11) is 0. The van der Waals surface area contributed by atoms with Gasteiger partial charge < -0.3 is 0 Å². The molecule has 11 aromatic rings. The first-order chi connectivity index (χ1) is 32.2. The second-order valence-electron chi connectivity index (χ2n) is 16.9. The number of rotatable bonds is 6. The number of hydrogen-bond donors (Lipinski definition) is 0. The number of aromatic nitrogens is 4. The van der Waals surface area contributed by atoms with E-state index in [0.717, 1.165) is 50.0 Å². The summed E-state index contributed by atoms with van der Waals surface area (Å²) in [5.74, 6) is 1.88. The summed E-state index contributed by atoms with van der Waals surface area (Å²) in [4.78, 5) is 20.8. The first kappa shape index (κ1) is 37.0. The van der Waals surface area contributed by atoms with Crippen LogP contribution in [0.5, 0.6) is 0 Å². The van der Waals surface area contributed by atoms with Gasteiger partial charge in [0.05, 0.1) is 16.6 Å². The minimum atomic E-state index is -0.478. The Kier molecular flexibility index (Phi) is 8.40. The molecule has 0 saturated carbocycles. The van der Waals surface area contributed by atoms with Gasteiger partial charge in [0.25, 0.3) is 0 Å². The van der Waals surface area contributed by atoms with Crippen molar-refractivity contribution in [3.63, 3.8) is 0 Å². The third-order valence-electron chi connectivity index (χ3n) is 13.3. The molecule has 0 radical (unpaired) electrons. The van der Waals surface area contributed by atoms with E-state index >= 15 is 0 Å². The summed E-state index contributed by atoms with van der Waals surface area (Å²) in [6.45, 7) is 0. The minimum absolute atomic E-state index is 0.478. The summed E-state index contributed by atoms with van der Waals surface area (Å²) in [5, 5.41) is 1.09. The van der Waals surface area contributed by atoms with Crippen molar-refractivity contribution in [2.45, 2.75) is 5.41 Å². The molecule has 0 unspecified atom stereocenters. The van der Waals surface area contributed by atoms with Crippen LogP contribution < -0.4 is 0 Å².